The quantitative estimate of drug-likeness (QED) is 0.771. The number of rotatable bonds is 2. The molecule has 8 heteroatoms. The van der Waals surface area contributed by atoms with E-state index in [0.29, 0.717) is 42.8 Å². The maximum atomic E-state index is 12.9. The monoisotopic (exact) mass is 394 g/mol. The average Bonchev–Trinajstić information content (AvgIpc) is 2.60. The van der Waals surface area contributed by atoms with Gasteiger partial charge >= 0.3 is 6.18 Å². The maximum Gasteiger partial charge on any atom is 0.416 e. The summed E-state index contributed by atoms with van der Waals surface area (Å²) in [5.74, 6) is 0.706. The fourth-order valence-electron chi connectivity index (χ4n) is 3.14. The largest absolute Gasteiger partial charge is 0.416 e. The lowest BCUT2D eigenvalue weighted by atomic mass is 10.1. The molecule has 1 fully saturated rings. The highest BCUT2D eigenvalue weighted by molar-refractivity contribution is 7.80. The minimum atomic E-state index is -4.33. The lowest BCUT2D eigenvalue weighted by molar-refractivity contribution is -0.137. The van der Waals surface area contributed by atoms with Gasteiger partial charge < -0.3 is 15.1 Å². The Bertz CT molecular complexity index is 810. The van der Waals surface area contributed by atoms with E-state index in [1.54, 1.807) is 6.07 Å². The van der Waals surface area contributed by atoms with Crippen LogP contribution >= 0.6 is 12.2 Å². The van der Waals surface area contributed by atoms with E-state index in [9.17, 15) is 13.2 Å². The Morgan fingerprint density at radius 3 is 2.41 bits per heavy atom. The topological polar surface area (TPSA) is 31.4 Å². The number of alkyl halides is 3. The summed E-state index contributed by atoms with van der Waals surface area (Å²) in [6, 6.07) is 9.37. The molecule has 1 aromatic carbocycles. The highest BCUT2D eigenvalue weighted by atomic mass is 32.1. The molecule has 0 unspecified atom stereocenters. The molecule has 1 N–H and O–H groups in total. The van der Waals surface area contributed by atoms with Crippen molar-refractivity contribution in [1.82, 2.24) is 9.88 Å². The molecule has 0 radical (unpaired) electrons. The van der Waals surface area contributed by atoms with Gasteiger partial charge in [0.15, 0.2) is 5.11 Å². The van der Waals surface area contributed by atoms with Crippen LogP contribution in [0.2, 0.25) is 0 Å². The van der Waals surface area contributed by atoms with E-state index in [-0.39, 0.29) is 0 Å². The number of nitrogens with one attached hydrogen (secondary N) is 1. The van der Waals surface area contributed by atoms with Crippen molar-refractivity contribution in [2.45, 2.75) is 20.0 Å². The Balaban J connectivity index is 1.61. The maximum absolute atomic E-state index is 12.9. The first-order valence-electron chi connectivity index (χ1n) is 8.66. The van der Waals surface area contributed by atoms with Crippen molar-refractivity contribution in [2.24, 2.45) is 0 Å². The molecule has 0 aliphatic carbocycles. The summed E-state index contributed by atoms with van der Waals surface area (Å²) in [7, 11) is 0. The third kappa shape index (κ3) is 4.88. The van der Waals surface area contributed by atoms with Gasteiger partial charge in [0.25, 0.3) is 0 Å². The van der Waals surface area contributed by atoms with Crippen LogP contribution in [0.3, 0.4) is 0 Å². The SMILES string of the molecule is Cc1cc(C)nc(NC(=S)N2CCN(c3cccc(C(F)(F)F)c3)CC2)c1. The first kappa shape index (κ1) is 19.4. The molecule has 0 saturated carbocycles. The van der Waals surface area contributed by atoms with Gasteiger partial charge in [-0.25, -0.2) is 4.98 Å². The van der Waals surface area contributed by atoms with E-state index >= 15 is 0 Å². The van der Waals surface area contributed by atoms with Gasteiger partial charge in [-0.15, -0.1) is 0 Å². The summed E-state index contributed by atoms with van der Waals surface area (Å²) in [5, 5.41) is 3.74. The fraction of sp³-hybridized carbons (Fsp3) is 0.368. The van der Waals surface area contributed by atoms with Crippen LogP contribution in [-0.4, -0.2) is 41.2 Å². The highest BCUT2D eigenvalue weighted by Gasteiger charge is 2.31. The summed E-state index contributed by atoms with van der Waals surface area (Å²) in [4.78, 5) is 8.38. The number of hydrogen-bond donors (Lipinski definition) is 1. The molecule has 1 aliphatic heterocycles. The molecule has 0 spiro atoms. The number of thiocarbonyl (C=S) groups is 1. The molecule has 0 amide bonds. The van der Waals surface area contributed by atoms with E-state index in [1.807, 2.05) is 35.8 Å². The summed E-state index contributed by atoms with van der Waals surface area (Å²) >= 11 is 5.47. The van der Waals surface area contributed by atoms with Crippen LogP contribution in [0.5, 0.6) is 0 Å². The highest BCUT2D eigenvalue weighted by Crippen LogP contribution is 2.31. The van der Waals surface area contributed by atoms with Gasteiger partial charge in [-0.05, 0) is 62.0 Å². The molecule has 0 bridgehead atoms. The number of aromatic nitrogens is 1. The molecular formula is C19H21F3N4S. The van der Waals surface area contributed by atoms with Crippen molar-refractivity contribution in [2.75, 3.05) is 36.4 Å². The number of halogens is 3. The number of piperazine rings is 1. The minimum absolute atomic E-state index is 0.580. The van der Waals surface area contributed by atoms with Crippen LogP contribution < -0.4 is 10.2 Å². The van der Waals surface area contributed by atoms with Gasteiger partial charge in [0.1, 0.15) is 5.82 Å². The zero-order valence-electron chi connectivity index (χ0n) is 15.2. The number of nitrogens with zero attached hydrogens (tertiary/aromatic N) is 3. The van der Waals surface area contributed by atoms with Gasteiger partial charge in [-0.3, -0.25) is 0 Å². The summed E-state index contributed by atoms with van der Waals surface area (Å²) in [5.41, 5.74) is 1.97. The van der Waals surface area contributed by atoms with Gasteiger partial charge in [-0.1, -0.05) is 6.07 Å². The molecule has 1 saturated heterocycles. The lowest BCUT2D eigenvalue weighted by Gasteiger charge is -2.37. The molecule has 144 valence electrons. The van der Waals surface area contributed by atoms with Crippen LogP contribution in [-0.2, 0) is 6.18 Å². The van der Waals surface area contributed by atoms with Crippen molar-refractivity contribution in [1.29, 1.82) is 0 Å². The number of anilines is 2. The summed E-state index contributed by atoms with van der Waals surface area (Å²) in [6.07, 6.45) is -4.33. The second-order valence-electron chi connectivity index (χ2n) is 6.62. The zero-order valence-corrected chi connectivity index (χ0v) is 16.0. The van der Waals surface area contributed by atoms with Gasteiger partial charge in [-0.2, -0.15) is 13.2 Å². The van der Waals surface area contributed by atoms with Gasteiger partial charge in [0.05, 0.1) is 5.56 Å². The zero-order chi connectivity index (χ0) is 19.6. The fourth-order valence-corrected chi connectivity index (χ4v) is 3.43. The van der Waals surface area contributed by atoms with Crippen LogP contribution in [0.1, 0.15) is 16.8 Å². The standard InChI is InChI=1S/C19H21F3N4S/c1-13-10-14(2)23-17(11-13)24-18(27)26-8-6-25(7-9-26)16-5-3-4-15(12-16)19(20,21)22/h3-5,10-12H,6-9H2,1-2H3,(H,23,24,27). The van der Waals surface area contributed by atoms with Crippen molar-refractivity contribution in [3.63, 3.8) is 0 Å². The molecule has 4 nitrogen and oxygen atoms in total. The van der Waals surface area contributed by atoms with Crippen molar-refractivity contribution in [3.05, 3.63) is 53.2 Å². The smallest absolute Gasteiger partial charge is 0.368 e. The first-order chi connectivity index (χ1) is 12.7. The van der Waals surface area contributed by atoms with Gasteiger partial charge in [0.2, 0.25) is 0 Å². The third-order valence-corrected chi connectivity index (χ3v) is 4.80. The van der Waals surface area contributed by atoms with Crippen molar-refractivity contribution >= 4 is 28.8 Å². The van der Waals surface area contributed by atoms with Crippen LogP contribution in [0.4, 0.5) is 24.7 Å². The van der Waals surface area contributed by atoms with E-state index in [4.69, 9.17) is 12.2 Å². The Morgan fingerprint density at radius 2 is 1.78 bits per heavy atom. The summed E-state index contributed by atoms with van der Waals surface area (Å²) in [6.45, 7) is 6.39. The van der Waals surface area contributed by atoms with Crippen LogP contribution in [0.25, 0.3) is 0 Å². The second-order valence-corrected chi connectivity index (χ2v) is 7.01. The van der Waals surface area contributed by atoms with Crippen molar-refractivity contribution in [3.8, 4) is 0 Å². The Morgan fingerprint density at radius 1 is 1.07 bits per heavy atom. The van der Waals surface area contributed by atoms with E-state index in [2.05, 4.69) is 10.3 Å². The van der Waals surface area contributed by atoms with Gasteiger partial charge in [0, 0.05) is 37.6 Å². The predicted octanol–water partition coefficient (Wildman–Crippen LogP) is 4.24. The minimum Gasteiger partial charge on any atom is -0.368 e. The molecular weight excluding hydrogens is 373 g/mol. The Labute approximate surface area is 162 Å². The number of pyridine rings is 1. The summed E-state index contributed by atoms with van der Waals surface area (Å²) < 4.78 is 38.7. The van der Waals surface area contributed by atoms with E-state index < -0.39 is 11.7 Å². The second kappa shape index (κ2) is 7.72. The molecule has 1 aliphatic rings. The third-order valence-electron chi connectivity index (χ3n) is 4.44. The molecule has 1 aromatic heterocycles. The normalized spacial score (nSPS) is 15.0. The molecule has 0 atom stereocenters. The van der Waals surface area contributed by atoms with E-state index in [1.165, 1.54) is 12.1 Å². The number of aryl methyl sites for hydroxylation is 2. The molecule has 3 rings (SSSR count). The number of hydrogen-bond acceptors (Lipinski definition) is 3. The Kier molecular flexibility index (Phi) is 5.55. The van der Waals surface area contributed by atoms with Crippen LogP contribution in [0, 0.1) is 13.8 Å². The lowest BCUT2D eigenvalue weighted by Crippen LogP contribution is -2.50. The average molecular weight is 394 g/mol. The molecule has 2 heterocycles. The van der Waals surface area contributed by atoms with Crippen LogP contribution in [0.15, 0.2) is 36.4 Å². The predicted molar refractivity (Wildman–Crippen MR) is 105 cm³/mol. The van der Waals surface area contributed by atoms with Crippen molar-refractivity contribution < 1.29 is 13.2 Å². The Hall–Kier alpha value is -2.35. The first-order valence-corrected chi connectivity index (χ1v) is 9.06. The molecule has 2 aromatic rings. The molecule has 27 heavy (non-hydrogen) atoms. The van der Waals surface area contributed by atoms with E-state index in [0.717, 1.165) is 17.3 Å². The number of benzene rings is 1.